The lowest BCUT2D eigenvalue weighted by atomic mass is 10.1. The predicted molar refractivity (Wildman–Crippen MR) is 93.6 cm³/mol. The number of aromatic nitrogens is 2. The summed E-state index contributed by atoms with van der Waals surface area (Å²) in [6.45, 7) is 1.66. The second-order valence-electron chi connectivity index (χ2n) is 5.65. The van der Waals surface area contributed by atoms with Gasteiger partial charge in [0.15, 0.2) is 13.2 Å². The largest absolute Gasteiger partial charge is 0.508 e. The Hall–Kier alpha value is -3.55. The first-order valence-electron chi connectivity index (χ1n) is 8.10. The molecule has 0 unspecified atom stereocenters. The van der Waals surface area contributed by atoms with E-state index < -0.39 is 5.97 Å². The van der Waals surface area contributed by atoms with Crippen LogP contribution < -0.4 is 9.47 Å². The summed E-state index contributed by atoms with van der Waals surface area (Å²) >= 11 is 0. The Morgan fingerprint density at radius 2 is 1.85 bits per heavy atom. The van der Waals surface area contributed by atoms with Crippen LogP contribution in [0.25, 0.3) is 0 Å². The molecule has 0 fully saturated rings. The maximum Gasteiger partial charge on any atom is 0.338 e. The fourth-order valence-corrected chi connectivity index (χ4v) is 2.17. The number of hydrogen-bond donors (Lipinski definition) is 1. The van der Waals surface area contributed by atoms with Crippen LogP contribution in [0.15, 0.2) is 47.0 Å². The van der Waals surface area contributed by atoms with Gasteiger partial charge in [-0.05, 0) is 48.9 Å². The van der Waals surface area contributed by atoms with Crippen molar-refractivity contribution in [3.05, 3.63) is 65.3 Å². The van der Waals surface area contributed by atoms with E-state index in [9.17, 15) is 9.90 Å². The molecule has 0 aliphatic heterocycles. The fourth-order valence-electron chi connectivity index (χ4n) is 2.17. The van der Waals surface area contributed by atoms with Crippen molar-refractivity contribution >= 4 is 5.97 Å². The van der Waals surface area contributed by atoms with Crippen molar-refractivity contribution in [3.8, 4) is 17.2 Å². The van der Waals surface area contributed by atoms with Crippen molar-refractivity contribution in [1.29, 1.82) is 0 Å². The number of rotatable bonds is 7. The number of benzene rings is 2. The van der Waals surface area contributed by atoms with Crippen LogP contribution >= 0.6 is 0 Å². The number of carbonyl (C=O) groups excluding carboxylic acids is 1. The van der Waals surface area contributed by atoms with Crippen LogP contribution in [0.3, 0.4) is 0 Å². The summed E-state index contributed by atoms with van der Waals surface area (Å²) < 4.78 is 20.8. The molecule has 3 aromatic rings. The third-order valence-corrected chi connectivity index (χ3v) is 3.71. The molecule has 3 rings (SSSR count). The average Bonchev–Trinajstić information content (AvgIpc) is 3.15. The summed E-state index contributed by atoms with van der Waals surface area (Å²) in [5.74, 6) is 1.26. The van der Waals surface area contributed by atoms with Crippen LogP contribution in [0.2, 0.25) is 0 Å². The number of nitrogens with zero attached hydrogens (tertiary/aromatic N) is 2. The number of aromatic hydroxyl groups is 1. The first kappa shape index (κ1) is 18.2. The van der Waals surface area contributed by atoms with E-state index in [1.54, 1.807) is 50.4 Å². The Bertz CT molecular complexity index is 920. The lowest BCUT2D eigenvalue weighted by Crippen LogP contribution is -2.05. The third kappa shape index (κ3) is 4.75. The van der Waals surface area contributed by atoms with Crippen molar-refractivity contribution in [2.45, 2.75) is 20.1 Å². The molecule has 0 bridgehead atoms. The standard InChI is InChI=1S/C19H18N2O6/c1-12-3-4-13(9-16(12)22)19(23)26-11-18-20-17(21-27-18)10-25-15-7-5-14(24-2)6-8-15/h3-9,22H,10-11H2,1-2H3. The molecule has 0 saturated heterocycles. The van der Waals surface area contributed by atoms with Crippen LogP contribution in [-0.2, 0) is 18.0 Å². The summed E-state index contributed by atoms with van der Waals surface area (Å²) in [4.78, 5) is 16.1. The van der Waals surface area contributed by atoms with E-state index >= 15 is 0 Å². The average molecular weight is 370 g/mol. The highest BCUT2D eigenvalue weighted by Crippen LogP contribution is 2.19. The zero-order chi connectivity index (χ0) is 19.2. The van der Waals surface area contributed by atoms with Crippen LogP contribution in [0.4, 0.5) is 0 Å². The molecule has 8 heteroatoms. The van der Waals surface area contributed by atoms with E-state index in [-0.39, 0.29) is 30.4 Å². The van der Waals surface area contributed by atoms with Crippen LogP contribution in [0.5, 0.6) is 17.2 Å². The molecule has 140 valence electrons. The molecule has 0 atom stereocenters. The fraction of sp³-hybridized carbons (Fsp3) is 0.211. The van der Waals surface area contributed by atoms with Crippen LogP contribution in [0, 0.1) is 6.92 Å². The highest BCUT2D eigenvalue weighted by atomic mass is 16.6. The van der Waals surface area contributed by atoms with Gasteiger partial charge >= 0.3 is 5.97 Å². The van der Waals surface area contributed by atoms with E-state index in [2.05, 4.69) is 10.1 Å². The van der Waals surface area contributed by atoms with Crippen molar-refractivity contribution < 1.29 is 28.6 Å². The molecule has 0 aliphatic carbocycles. The van der Waals surface area contributed by atoms with Gasteiger partial charge in [0.05, 0.1) is 12.7 Å². The molecule has 2 aromatic carbocycles. The van der Waals surface area contributed by atoms with E-state index in [1.165, 1.54) is 6.07 Å². The van der Waals surface area contributed by atoms with E-state index in [0.717, 1.165) is 5.75 Å². The Labute approximate surface area is 155 Å². The summed E-state index contributed by atoms with van der Waals surface area (Å²) in [6, 6.07) is 11.6. The monoisotopic (exact) mass is 370 g/mol. The molecule has 1 aromatic heterocycles. The van der Waals surface area contributed by atoms with Gasteiger partial charge in [0.1, 0.15) is 17.2 Å². The zero-order valence-electron chi connectivity index (χ0n) is 14.8. The molecule has 0 saturated carbocycles. The Balaban J connectivity index is 1.51. The lowest BCUT2D eigenvalue weighted by molar-refractivity contribution is 0.0429. The minimum Gasteiger partial charge on any atom is -0.508 e. The topological polar surface area (TPSA) is 104 Å². The molecule has 1 N–H and O–H groups in total. The van der Waals surface area contributed by atoms with Gasteiger partial charge in [-0.1, -0.05) is 11.2 Å². The van der Waals surface area contributed by atoms with Gasteiger partial charge in [0, 0.05) is 0 Å². The molecular weight excluding hydrogens is 352 g/mol. The molecule has 0 radical (unpaired) electrons. The number of phenols is 1. The molecule has 0 spiro atoms. The van der Waals surface area contributed by atoms with Crippen molar-refractivity contribution in [2.75, 3.05) is 7.11 Å². The Morgan fingerprint density at radius 1 is 1.11 bits per heavy atom. The van der Waals surface area contributed by atoms with Crippen molar-refractivity contribution in [2.24, 2.45) is 0 Å². The van der Waals surface area contributed by atoms with Gasteiger partial charge < -0.3 is 23.8 Å². The third-order valence-electron chi connectivity index (χ3n) is 3.71. The number of phenolic OH excluding ortho intramolecular Hbond substituents is 1. The van der Waals surface area contributed by atoms with Gasteiger partial charge in [-0.2, -0.15) is 4.98 Å². The quantitative estimate of drug-likeness (QED) is 0.633. The number of carbonyl (C=O) groups is 1. The highest BCUT2D eigenvalue weighted by molar-refractivity contribution is 5.89. The van der Waals surface area contributed by atoms with Crippen molar-refractivity contribution in [1.82, 2.24) is 10.1 Å². The molecule has 0 amide bonds. The summed E-state index contributed by atoms with van der Waals surface area (Å²) in [5.41, 5.74) is 0.908. The number of hydrogen-bond acceptors (Lipinski definition) is 8. The van der Waals surface area contributed by atoms with Gasteiger partial charge in [0.25, 0.3) is 5.89 Å². The lowest BCUT2D eigenvalue weighted by Gasteiger charge is -2.04. The maximum absolute atomic E-state index is 12.0. The van der Waals surface area contributed by atoms with Gasteiger partial charge in [-0.25, -0.2) is 4.79 Å². The predicted octanol–water partition coefficient (Wildman–Crippen LogP) is 3.03. The van der Waals surface area contributed by atoms with E-state index in [0.29, 0.717) is 17.1 Å². The van der Waals surface area contributed by atoms with E-state index in [1.807, 2.05) is 0 Å². The zero-order valence-corrected chi connectivity index (χ0v) is 14.8. The van der Waals surface area contributed by atoms with Crippen LogP contribution in [0.1, 0.15) is 27.6 Å². The Morgan fingerprint density at radius 3 is 2.56 bits per heavy atom. The minimum atomic E-state index is -0.598. The maximum atomic E-state index is 12.0. The van der Waals surface area contributed by atoms with E-state index in [4.69, 9.17) is 18.7 Å². The molecule has 27 heavy (non-hydrogen) atoms. The first-order valence-corrected chi connectivity index (χ1v) is 8.10. The second-order valence-corrected chi connectivity index (χ2v) is 5.65. The molecule has 8 nitrogen and oxygen atoms in total. The van der Waals surface area contributed by atoms with Gasteiger partial charge in [-0.15, -0.1) is 0 Å². The normalized spacial score (nSPS) is 10.4. The SMILES string of the molecule is COc1ccc(OCc2noc(COC(=O)c3ccc(C)c(O)c3)n2)cc1. The van der Waals surface area contributed by atoms with Gasteiger partial charge in [0.2, 0.25) is 5.82 Å². The highest BCUT2D eigenvalue weighted by Gasteiger charge is 2.13. The second kappa shape index (κ2) is 8.22. The summed E-state index contributed by atoms with van der Waals surface area (Å²) in [5, 5.41) is 13.4. The summed E-state index contributed by atoms with van der Waals surface area (Å²) in [7, 11) is 1.59. The summed E-state index contributed by atoms with van der Waals surface area (Å²) in [6.07, 6.45) is 0. The molecule has 0 aliphatic rings. The molecular formula is C19H18N2O6. The number of esters is 1. The molecule has 1 heterocycles. The minimum absolute atomic E-state index is 0.0280. The number of methoxy groups -OCH3 is 1. The Kier molecular flexibility index (Phi) is 5.55. The number of ether oxygens (including phenoxy) is 3. The van der Waals surface area contributed by atoms with Crippen molar-refractivity contribution in [3.63, 3.8) is 0 Å². The van der Waals surface area contributed by atoms with Gasteiger partial charge in [-0.3, -0.25) is 0 Å². The van der Waals surface area contributed by atoms with Crippen LogP contribution in [-0.4, -0.2) is 28.3 Å². The first-order chi connectivity index (χ1) is 13.0. The number of aryl methyl sites for hydroxylation is 1. The smallest absolute Gasteiger partial charge is 0.338 e.